The zero-order valence-corrected chi connectivity index (χ0v) is 14.9. The van der Waals surface area contributed by atoms with Crippen LogP contribution in [-0.2, 0) is 10.1 Å². The minimum atomic E-state index is -4.79. The normalized spacial score (nSPS) is 14.7. The monoisotopic (exact) mass is 407 g/mol. The maximum atomic E-state index is 13.4. The van der Waals surface area contributed by atoms with E-state index in [0.29, 0.717) is 18.7 Å². The second kappa shape index (κ2) is 8.24. The van der Waals surface area contributed by atoms with Gasteiger partial charge >= 0.3 is 6.36 Å². The SMILES string of the molecule is Cc1ccc(S(=O)(=O)O)cc1.Fc1cc(OC(F)(F)F)ccc1C1CNC1. The van der Waals surface area contributed by atoms with Crippen molar-refractivity contribution < 1.29 is 35.3 Å². The molecule has 0 spiro atoms. The summed E-state index contributed by atoms with van der Waals surface area (Å²) < 4.78 is 82.2. The first-order valence-electron chi connectivity index (χ1n) is 7.76. The van der Waals surface area contributed by atoms with E-state index in [-0.39, 0.29) is 10.8 Å². The third kappa shape index (κ3) is 6.49. The Bertz CT molecular complexity index is 879. The summed E-state index contributed by atoms with van der Waals surface area (Å²) in [5, 5.41) is 2.96. The third-order valence-corrected chi connectivity index (χ3v) is 4.61. The second-order valence-corrected chi connectivity index (χ2v) is 7.30. The summed E-state index contributed by atoms with van der Waals surface area (Å²) in [6.45, 7) is 3.14. The Balaban J connectivity index is 0.000000208. The van der Waals surface area contributed by atoms with Crippen LogP contribution in [0.3, 0.4) is 0 Å². The molecule has 10 heteroatoms. The molecule has 2 aromatic carbocycles. The molecule has 27 heavy (non-hydrogen) atoms. The Hall–Kier alpha value is -2.17. The first-order valence-corrected chi connectivity index (χ1v) is 9.20. The smallest absolute Gasteiger partial charge is 0.406 e. The van der Waals surface area contributed by atoms with Crippen molar-refractivity contribution in [2.24, 2.45) is 0 Å². The lowest BCUT2D eigenvalue weighted by Crippen LogP contribution is -2.40. The highest BCUT2D eigenvalue weighted by Gasteiger charge is 2.31. The Morgan fingerprint density at radius 1 is 1.11 bits per heavy atom. The van der Waals surface area contributed by atoms with Crippen LogP contribution in [0.5, 0.6) is 5.75 Å². The number of ether oxygens (including phenoxy) is 1. The molecule has 2 aromatic rings. The lowest BCUT2D eigenvalue weighted by Gasteiger charge is -2.27. The zero-order chi connectivity index (χ0) is 20.2. The van der Waals surface area contributed by atoms with Gasteiger partial charge in [0.1, 0.15) is 11.6 Å². The Morgan fingerprint density at radius 2 is 1.70 bits per heavy atom. The third-order valence-electron chi connectivity index (χ3n) is 3.75. The van der Waals surface area contributed by atoms with Crippen molar-refractivity contribution in [1.82, 2.24) is 5.32 Å². The molecule has 0 radical (unpaired) electrons. The quantitative estimate of drug-likeness (QED) is 0.600. The number of alkyl halides is 3. The average Bonchev–Trinajstić information content (AvgIpc) is 2.47. The molecule has 0 aromatic heterocycles. The highest BCUT2D eigenvalue weighted by Crippen LogP contribution is 2.28. The Kier molecular flexibility index (Phi) is 6.45. The van der Waals surface area contributed by atoms with Gasteiger partial charge in [-0.3, -0.25) is 4.55 Å². The predicted octanol–water partition coefficient (Wildman–Crippen LogP) is 3.65. The van der Waals surface area contributed by atoms with E-state index in [4.69, 9.17) is 4.55 Å². The van der Waals surface area contributed by atoms with Gasteiger partial charge in [0.2, 0.25) is 0 Å². The van der Waals surface area contributed by atoms with Gasteiger partial charge in [0.25, 0.3) is 10.1 Å². The van der Waals surface area contributed by atoms with E-state index in [1.165, 1.54) is 18.2 Å². The number of aryl methyl sites for hydroxylation is 1. The number of hydrogen-bond donors (Lipinski definition) is 2. The molecule has 1 aliphatic heterocycles. The number of rotatable bonds is 3. The molecule has 0 atom stereocenters. The number of halogens is 4. The van der Waals surface area contributed by atoms with Gasteiger partial charge < -0.3 is 10.1 Å². The van der Waals surface area contributed by atoms with Crippen LogP contribution in [0.2, 0.25) is 0 Å². The molecule has 2 N–H and O–H groups in total. The highest BCUT2D eigenvalue weighted by atomic mass is 32.2. The van der Waals surface area contributed by atoms with Crippen LogP contribution in [-0.4, -0.2) is 32.4 Å². The van der Waals surface area contributed by atoms with Crippen LogP contribution in [0.4, 0.5) is 17.6 Å². The van der Waals surface area contributed by atoms with Gasteiger partial charge in [-0.2, -0.15) is 8.42 Å². The fraction of sp³-hybridized carbons (Fsp3) is 0.294. The summed E-state index contributed by atoms with van der Waals surface area (Å²) in [6.07, 6.45) is -4.79. The molecule has 0 aliphatic carbocycles. The summed E-state index contributed by atoms with van der Waals surface area (Å²) >= 11 is 0. The van der Waals surface area contributed by atoms with E-state index in [0.717, 1.165) is 17.7 Å². The molecular formula is C17H17F4NO4S. The predicted molar refractivity (Wildman–Crippen MR) is 89.7 cm³/mol. The van der Waals surface area contributed by atoms with Crippen molar-refractivity contribution >= 4 is 10.1 Å². The van der Waals surface area contributed by atoms with Crippen LogP contribution in [0.25, 0.3) is 0 Å². The van der Waals surface area contributed by atoms with E-state index in [2.05, 4.69) is 10.1 Å². The highest BCUT2D eigenvalue weighted by molar-refractivity contribution is 7.85. The minimum absolute atomic E-state index is 0.0416. The van der Waals surface area contributed by atoms with Gasteiger partial charge in [0, 0.05) is 25.1 Å². The molecule has 1 aliphatic rings. The fourth-order valence-corrected chi connectivity index (χ4v) is 2.73. The maximum Gasteiger partial charge on any atom is 0.573 e. The van der Waals surface area contributed by atoms with Crippen LogP contribution >= 0.6 is 0 Å². The van der Waals surface area contributed by atoms with Crippen molar-refractivity contribution in [2.75, 3.05) is 13.1 Å². The molecule has 1 saturated heterocycles. The molecule has 0 amide bonds. The van der Waals surface area contributed by atoms with Crippen LogP contribution in [0.1, 0.15) is 17.0 Å². The van der Waals surface area contributed by atoms with Gasteiger partial charge in [-0.15, -0.1) is 13.2 Å². The topological polar surface area (TPSA) is 75.6 Å². The maximum absolute atomic E-state index is 13.4. The number of nitrogens with one attached hydrogen (secondary N) is 1. The molecular weight excluding hydrogens is 390 g/mol. The van der Waals surface area contributed by atoms with E-state index in [1.54, 1.807) is 12.1 Å². The molecule has 0 saturated carbocycles. The minimum Gasteiger partial charge on any atom is -0.406 e. The van der Waals surface area contributed by atoms with Gasteiger partial charge in [0.05, 0.1) is 4.90 Å². The van der Waals surface area contributed by atoms with E-state index in [9.17, 15) is 26.0 Å². The Labute approximate surface area is 153 Å². The van der Waals surface area contributed by atoms with Crippen LogP contribution in [0.15, 0.2) is 47.4 Å². The second-order valence-electron chi connectivity index (χ2n) is 5.87. The largest absolute Gasteiger partial charge is 0.573 e. The lowest BCUT2D eigenvalue weighted by molar-refractivity contribution is -0.274. The average molecular weight is 407 g/mol. The lowest BCUT2D eigenvalue weighted by atomic mass is 9.93. The van der Waals surface area contributed by atoms with Crippen molar-refractivity contribution in [2.45, 2.75) is 24.1 Å². The molecule has 1 heterocycles. The summed E-state index contributed by atoms with van der Waals surface area (Å²) in [5.41, 5.74) is 1.38. The summed E-state index contributed by atoms with van der Waals surface area (Å²) in [6, 6.07) is 9.22. The zero-order valence-electron chi connectivity index (χ0n) is 14.1. The number of benzene rings is 2. The first kappa shape index (κ1) is 21.1. The van der Waals surface area contributed by atoms with Crippen LogP contribution < -0.4 is 10.1 Å². The molecule has 148 valence electrons. The van der Waals surface area contributed by atoms with Gasteiger partial charge in [-0.1, -0.05) is 23.8 Å². The van der Waals surface area contributed by atoms with Gasteiger partial charge in [0.15, 0.2) is 0 Å². The van der Waals surface area contributed by atoms with Crippen molar-refractivity contribution in [3.63, 3.8) is 0 Å². The summed E-state index contributed by atoms with van der Waals surface area (Å²) in [5.74, 6) is -1.14. The van der Waals surface area contributed by atoms with E-state index in [1.807, 2.05) is 6.92 Å². The molecule has 5 nitrogen and oxygen atoms in total. The van der Waals surface area contributed by atoms with Crippen molar-refractivity contribution in [3.8, 4) is 5.75 Å². The summed E-state index contributed by atoms with van der Waals surface area (Å²) in [7, 11) is -4.02. The molecule has 0 bridgehead atoms. The van der Waals surface area contributed by atoms with Gasteiger partial charge in [-0.25, -0.2) is 4.39 Å². The molecule has 1 fully saturated rings. The number of hydrogen-bond acceptors (Lipinski definition) is 4. The standard InChI is InChI=1S/C10H9F4NO.C7H8O3S/c11-9-3-7(16-10(12,13)14)1-2-8(9)6-4-15-5-6;1-6-2-4-7(5-3-6)11(8,9)10/h1-3,6,15H,4-5H2;2-5H,1H3,(H,8,9,10). The first-order chi connectivity index (χ1) is 12.5. The fourth-order valence-electron chi connectivity index (χ4n) is 2.25. The molecule has 0 unspecified atom stereocenters. The van der Waals surface area contributed by atoms with Crippen LogP contribution in [0, 0.1) is 12.7 Å². The van der Waals surface area contributed by atoms with Crippen molar-refractivity contribution in [3.05, 3.63) is 59.4 Å². The molecule has 3 rings (SSSR count). The van der Waals surface area contributed by atoms with Crippen molar-refractivity contribution in [1.29, 1.82) is 0 Å². The van der Waals surface area contributed by atoms with Gasteiger partial charge in [-0.05, 0) is 30.7 Å². The van der Waals surface area contributed by atoms with E-state index < -0.39 is 28.0 Å². The van der Waals surface area contributed by atoms with E-state index >= 15 is 0 Å². The Morgan fingerprint density at radius 3 is 2.11 bits per heavy atom. The summed E-state index contributed by atoms with van der Waals surface area (Å²) in [4.78, 5) is -0.0666.